The highest BCUT2D eigenvalue weighted by atomic mass is 35.5. The quantitative estimate of drug-likeness (QED) is 0.899. The van der Waals surface area contributed by atoms with Crippen molar-refractivity contribution in [2.24, 2.45) is 0 Å². The van der Waals surface area contributed by atoms with Gasteiger partial charge in [-0.1, -0.05) is 17.7 Å². The predicted molar refractivity (Wildman–Crippen MR) is 82.0 cm³/mol. The molecular formula is C15H20ClNOS. The van der Waals surface area contributed by atoms with Crippen molar-refractivity contribution >= 4 is 23.4 Å². The van der Waals surface area contributed by atoms with E-state index in [0.29, 0.717) is 12.6 Å². The third kappa shape index (κ3) is 3.10. The number of aliphatic hydroxyl groups is 1. The Balaban J connectivity index is 1.63. The monoisotopic (exact) mass is 297 g/mol. The van der Waals surface area contributed by atoms with Crippen LogP contribution in [0, 0.1) is 0 Å². The fourth-order valence-corrected chi connectivity index (χ4v) is 4.49. The molecule has 2 aliphatic rings. The maximum absolute atomic E-state index is 10.5. The van der Waals surface area contributed by atoms with Gasteiger partial charge in [0.1, 0.15) is 0 Å². The first-order chi connectivity index (χ1) is 9.16. The molecule has 0 aromatic heterocycles. The number of benzene rings is 1. The Morgan fingerprint density at radius 2 is 2.16 bits per heavy atom. The van der Waals surface area contributed by atoms with Gasteiger partial charge in [0.25, 0.3) is 0 Å². The second-order valence-corrected chi connectivity index (χ2v) is 7.31. The number of halogens is 1. The first kappa shape index (κ1) is 13.7. The summed E-state index contributed by atoms with van der Waals surface area (Å²) in [5.41, 5.74) is 2.22. The van der Waals surface area contributed by atoms with E-state index in [0.717, 1.165) is 42.2 Å². The Morgan fingerprint density at radius 1 is 1.37 bits per heavy atom. The standard InChI is InChI=1S/C15H20ClNOS/c16-12-2-3-13-11(9-12)1-4-14(13)17-10-15(18)5-7-19-8-6-15/h2-3,9,14,17-18H,1,4-8,10H2. The average molecular weight is 298 g/mol. The van der Waals surface area contributed by atoms with E-state index in [4.69, 9.17) is 11.6 Å². The number of thioether (sulfide) groups is 1. The van der Waals surface area contributed by atoms with Gasteiger partial charge in [0, 0.05) is 17.6 Å². The van der Waals surface area contributed by atoms with Crippen molar-refractivity contribution in [2.75, 3.05) is 18.1 Å². The fraction of sp³-hybridized carbons (Fsp3) is 0.600. The molecule has 1 unspecified atom stereocenters. The number of hydrogen-bond acceptors (Lipinski definition) is 3. The van der Waals surface area contributed by atoms with Gasteiger partial charge in [0.05, 0.1) is 5.60 Å². The summed E-state index contributed by atoms with van der Waals surface area (Å²) in [5.74, 6) is 2.16. The predicted octanol–water partition coefficient (Wildman–Crippen LogP) is 3.18. The highest BCUT2D eigenvalue weighted by molar-refractivity contribution is 7.99. The molecule has 1 aliphatic heterocycles. The lowest BCUT2D eigenvalue weighted by Gasteiger charge is -2.33. The summed E-state index contributed by atoms with van der Waals surface area (Å²) in [6, 6.07) is 6.55. The van der Waals surface area contributed by atoms with E-state index >= 15 is 0 Å². The lowest BCUT2D eigenvalue weighted by molar-refractivity contribution is 0.0296. The molecule has 0 saturated carbocycles. The molecule has 1 saturated heterocycles. The van der Waals surface area contributed by atoms with Crippen LogP contribution in [-0.2, 0) is 6.42 Å². The van der Waals surface area contributed by atoms with Gasteiger partial charge in [-0.15, -0.1) is 0 Å². The van der Waals surface area contributed by atoms with Crippen molar-refractivity contribution in [3.63, 3.8) is 0 Å². The molecular weight excluding hydrogens is 278 g/mol. The van der Waals surface area contributed by atoms with E-state index in [2.05, 4.69) is 17.4 Å². The molecule has 0 bridgehead atoms. The van der Waals surface area contributed by atoms with Crippen molar-refractivity contribution in [1.82, 2.24) is 5.32 Å². The van der Waals surface area contributed by atoms with Gasteiger partial charge in [0.15, 0.2) is 0 Å². The zero-order chi connectivity index (χ0) is 13.3. The summed E-state index contributed by atoms with van der Waals surface area (Å²) >= 11 is 7.97. The molecule has 1 aromatic rings. The Hall–Kier alpha value is -0.220. The molecule has 1 atom stereocenters. The van der Waals surface area contributed by atoms with Crippen LogP contribution >= 0.6 is 23.4 Å². The van der Waals surface area contributed by atoms with Crippen molar-refractivity contribution in [2.45, 2.75) is 37.3 Å². The fourth-order valence-electron chi connectivity index (χ4n) is 3.04. The molecule has 3 rings (SSSR count). The highest BCUT2D eigenvalue weighted by Crippen LogP contribution is 2.34. The molecule has 1 aliphatic carbocycles. The van der Waals surface area contributed by atoms with E-state index in [-0.39, 0.29) is 0 Å². The maximum Gasteiger partial charge on any atom is 0.0787 e. The van der Waals surface area contributed by atoms with Crippen molar-refractivity contribution in [3.05, 3.63) is 34.3 Å². The normalized spacial score (nSPS) is 25.3. The van der Waals surface area contributed by atoms with Crippen LogP contribution in [0.1, 0.15) is 36.4 Å². The molecule has 2 nitrogen and oxygen atoms in total. The summed E-state index contributed by atoms with van der Waals surface area (Å²) < 4.78 is 0. The van der Waals surface area contributed by atoms with E-state index in [1.54, 1.807) is 0 Å². The van der Waals surface area contributed by atoms with E-state index in [1.807, 2.05) is 17.8 Å². The van der Waals surface area contributed by atoms with Crippen molar-refractivity contribution in [1.29, 1.82) is 0 Å². The molecule has 19 heavy (non-hydrogen) atoms. The summed E-state index contributed by atoms with van der Waals surface area (Å²) in [6.07, 6.45) is 4.01. The lowest BCUT2D eigenvalue weighted by Crippen LogP contribution is -2.44. The summed E-state index contributed by atoms with van der Waals surface area (Å²) in [4.78, 5) is 0. The smallest absolute Gasteiger partial charge is 0.0787 e. The van der Waals surface area contributed by atoms with Gasteiger partial charge in [-0.05, 0) is 60.4 Å². The van der Waals surface area contributed by atoms with Crippen LogP contribution in [0.15, 0.2) is 18.2 Å². The lowest BCUT2D eigenvalue weighted by atomic mass is 9.96. The van der Waals surface area contributed by atoms with Gasteiger partial charge in [0.2, 0.25) is 0 Å². The van der Waals surface area contributed by atoms with Crippen LogP contribution in [0.25, 0.3) is 0 Å². The minimum atomic E-state index is -0.500. The molecule has 1 fully saturated rings. The minimum absolute atomic E-state index is 0.380. The first-order valence-electron chi connectivity index (χ1n) is 6.98. The van der Waals surface area contributed by atoms with Crippen molar-refractivity contribution in [3.8, 4) is 0 Å². The first-order valence-corrected chi connectivity index (χ1v) is 8.51. The van der Waals surface area contributed by atoms with Crippen LogP contribution in [0.2, 0.25) is 5.02 Å². The summed E-state index contributed by atoms with van der Waals surface area (Å²) in [5, 5.41) is 14.9. The van der Waals surface area contributed by atoms with Crippen LogP contribution in [-0.4, -0.2) is 28.8 Å². The van der Waals surface area contributed by atoms with Crippen LogP contribution < -0.4 is 5.32 Å². The molecule has 1 heterocycles. The summed E-state index contributed by atoms with van der Waals surface area (Å²) in [6.45, 7) is 0.709. The molecule has 0 amide bonds. The average Bonchev–Trinajstić information content (AvgIpc) is 2.79. The second kappa shape index (κ2) is 5.65. The third-order valence-electron chi connectivity index (χ3n) is 4.28. The number of nitrogens with one attached hydrogen (secondary N) is 1. The van der Waals surface area contributed by atoms with Gasteiger partial charge in [-0.3, -0.25) is 0 Å². The summed E-state index contributed by atoms with van der Waals surface area (Å²) in [7, 11) is 0. The number of aryl methyl sites for hydroxylation is 1. The van der Waals surface area contributed by atoms with E-state index < -0.39 is 5.60 Å². The zero-order valence-corrected chi connectivity index (χ0v) is 12.6. The maximum atomic E-state index is 10.5. The third-order valence-corrected chi connectivity index (χ3v) is 5.50. The SMILES string of the molecule is OC1(CNC2CCc3cc(Cl)ccc32)CCSCC1. The molecule has 104 valence electrons. The molecule has 2 N–H and O–H groups in total. The number of hydrogen-bond donors (Lipinski definition) is 2. The van der Waals surface area contributed by atoms with Crippen LogP contribution in [0.3, 0.4) is 0 Å². The molecule has 4 heteroatoms. The van der Waals surface area contributed by atoms with E-state index in [9.17, 15) is 5.11 Å². The van der Waals surface area contributed by atoms with Gasteiger partial charge in [-0.2, -0.15) is 11.8 Å². The molecule has 0 spiro atoms. The van der Waals surface area contributed by atoms with E-state index in [1.165, 1.54) is 11.1 Å². The molecule has 0 radical (unpaired) electrons. The topological polar surface area (TPSA) is 32.3 Å². The Bertz CT molecular complexity index is 459. The minimum Gasteiger partial charge on any atom is -0.389 e. The van der Waals surface area contributed by atoms with Gasteiger partial charge < -0.3 is 10.4 Å². The number of rotatable bonds is 3. The zero-order valence-electron chi connectivity index (χ0n) is 11.0. The van der Waals surface area contributed by atoms with Crippen LogP contribution in [0.5, 0.6) is 0 Å². The number of fused-ring (bicyclic) bond motifs is 1. The Kier molecular flexibility index (Phi) is 4.08. The van der Waals surface area contributed by atoms with Gasteiger partial charge in [-0.25, -0.2) is 0 Å². The Labute approximate surface area is 123 Å². The second-order valence-electron chi connectivity index (χ2n) is 5.65. The van der Waals surface area contributed by atoms with Crippen LogP contribution in [0.4, 0.5) is 0 Å². The Morgan fingerprint density at radius 3 is 2.95 bits per heavy atom. The largest absolute Gasteiger partial charge is 0.389 e. The molecule has 1 aromatic carbocycles. The highest BCUT2D eigenvalue weighted by Gasteiger charge is 2.31. The van der Waals surface area contributed by atoms with Gasteiger partial charge >= 0.3 is 0 Å². The van der Waals surface area contributed by atoms with Crippen molar-refractivity contribution < 1.29 is 5.11 Å².